The monoisotopic (exact) mass is 402 g/mol. The molecule has 1 atom stereocenters. The molecule has 3 aromatic carbocycles. The van der Waals surface area contributed by atoms with Gasteiger partial charge in [-0.3, -0.25) is 4.79 Å². The van der Waals surface area contributed by atoms with Crippen molar-refractivity contribution in [3.8, 4) is 0 Å². The number of ketones is 1. The first-order valence-corrected chi connectivity index (χ1v) is 9.27. The lowest BCUT2D eigenvalue weighted by atomic mass is 9.96. The molecule has 1 unspecified atom stereocenters. The fraction of sp³-hybridized carbons (Fsp3) is 0.0435. The van der Waals surface area contributed by atoms with E-state index in [-0.39, 0.29) is 5.78 Å². The van der Waals surface area contributed by atoms with Crippen molar-refractivity contribution in [3.63, 3.8) is 0 Å². The van der Waals surface area contributed by atoms with Crippen LogP contribution in [-0.2, 0) is 0 Å². The molecule has 0 fully saturated rings. The Bertz CT molecular complexity index is 1060. The number of Topliss-reactive ketones (excluding diaryl/α,β-unsaturated/α-hetero) is 1. The predicted molar refractivity (Wildman–Crippen MR) is 107 cm³/mol. The van der Waals surface area contributed by atoms with Crippen molar-refractivity contribution >= 4 is 32.6 Å². The van der Waals surface area contributed by atoms with Crippen LogP contribution in [0.2, 0.25) is 0 Å². The van der Waals surface area contributed by atoms with E-state index in [4.69, 9.17) is 0 Å². The number of nitrogens with zero attached hydrogens (tertiary/aromatic N) is 1. The third-order valence-electron chi connectivity index (χ3n) is 4.47. The van der Waals surface area contributed by atoms with Gasteiger partial charge >= 0.3 is 0 Å². The molecular weight excluding hydrogens is 386 g/mol. The Morgan fingerprint density at radius 1 is 0.808 bits per heavy atom. The number of rotatable bonds is 4. The van der Waals surface area contributed by atoms with Gasteiger partial charge in [-0.2, -0.15) is 4.57 Å². The van der Waals surface area contributed by atoms with Gasteiger partial charge in [0.15, 0.2) is 6.20 Å². The van der Waals surface area contributed by atoms with E-state index in [2.05, 4.69) is 38.7 Å². The molecule has 1 heterocycles. The summed E-state index contributed by atoms with van der Waals surface area (Å²) in [6.07, 6.45) is 1.99. The lowest BCUT2D eigenvalue weighted by Crippen LogP contribution is -2.45. The van der Waals surface area contributed by atoms with Gasteiger partial charge in [-0.25, -0.2) is 0 Å². The molecule has 0 radical (unpaired) electrons. The van der Waals surface area contributed by atoms with Crippen LogP contribution in [0.5, 0.6) is 0 Å². The van der Waals surface area contributed by atoms with E-state index >= 15 is 0 Å². The molecule has 1 aromatic heterocycles. The minimum Gasteiger partial charge on any atom is -0.286 e. The first kappa shape index (κ1) is 16.7. The van der Waals surface area contributed by atoms with Crippen LogP contribution >= 0.6 is 15.9 Å². The minimum absolute atomic E-state index is 0.0741. The van der Waals surface area contributed by atoms with Crippen LogP contribution in [0.25, 0.3) is 10.9 Å². The number of carbonyl (C=O) groups excluding carboxylic acids is 1. The summed E-state index contributed by atoms with van der Waals surface area (Å²) in [5, 5.41) is 1.09. The molecule has 0 amide bonds. The molecule has 0 aliphatic rings. The number of benzene rings is 3. The normalized spacial score (nSPS) is 12.0. The largest absolute Gasteiger partial charge is 0.286 e. The van der Waals surface area contributed by atoms with Crippen LogP contribution in [0.3, 0.4) is 0 Å². The average molecular weight is 403 g/mol. The highest BCUT2D eigenvalue weighted by molar-refractivity contribution is 9.10. The summed E-state index contributed by atoms with van der Waals surface area (Å²) in [5.74, 6) is 0.0741. The van der Waals surface area contributed by atoms with E-state index in [1.165, 1.54) is 0 Å². The second-order valence-electron chi connectivity index (χ2n) is 6.17. The van der Waals surface area contributed by atoms with Gasteiger partial charge in [0, 0.05) is 22.6 Å². The van der Waals surface area contributed by atoms with Crippen LogP contribution in [-0.4, -0.2) is 5.78 Å². The van der Waals surface area contributed by atoms with E-state index in [1.807, 2.05) is 79.0 Å². The maximum absolute atomic E-state index is 13.5. The SMILES string of the molecule is O=C(c1ccccc1)C(c1ccccc1)[n+]1cc(Br)cc2ccccc21. The minimum atomic E-state index is -0.430. The Hall–Kier alpha value is -2.78. The van der Waals surface area contributed by atoms with E-state index in [1.54, 1.807) is 0 Å². The molecule has 26 heavy (non-hydrogen) atoms. The van der Waals surface area contributed by atoms with Gasteiger partial charge < -0.3 is 0 Å². The smallest absolute Gasteiger partial charge is 0.246 e. The zero-order valence-corrected chi connectivity index (χ0v) is 15.6. The van der Waals surface area contributed by atoms with Gasteiger partial charge in [-0.15, -0.1) is 0 Å². The molecule has 4 aromatic rings. The van der Waals surface area contributed by atoms with E-state index in [0.29, 0.717) is 5.56 Å². The molecule has 0 bridgehead atoms. The van der Waals surface area contributed by atoms with Gasteiger partial charge in [0.2, 0.25) is 17.3 Å². The summed E-state index contributed by atoms with van der Waals surface area (Å²) in [6, 6.07) is 29.2. The van der Waals surface area contributed by atoms with Crippen LogP contribution in [0.4, 0.5) is 0 Å². The molecule has 0 aliphatic carbocycles. The fourth-order valence-electron chi connectivity index (χ4n) is 3.28. The molecule has 2 nitrogen and oxygen atoms in total. The molecule has 4 rings (SSSR count). The molecule has 0 spiro atoms. The molecule has 126 valence electrons. The summed E-state index contributed by atoms with van der Waals surface area (Å²) >= 11 is 3.60. The second-order valence-corrected chi connectivity index (χ2v) is 7.08. The van der Waals surface area contributed by atoms with Crippen molar-refractivity contribution in [1.82, 2.24) is 0 Å². The van der Waals surface area contributed by atoms with Gasteiger partial charge in [0.05, 0.1) is 4.47 Å². The first-order chi connectivity index (χ1) is 12.7. The zero-order chi connectivity index (χ0) is 17.9. The summed E-state index contributed by atoms with van der Waals surface area (Å²) < 4.78 is 3.00. The van der Waals surface area contributed by atoms with Crippen LogP contribution < -0.4 is 4.57 Å². The van der Waals surface area contributed by atoms with E-state index < -0.39 is 6.04 Å². The van der Waals surface area contributed by atoms with Crippen LogP contribution in [0.15, 0.2) is 102 Å². The van der Waals surface area contributed by atoms with Crippen molar-refractivity contribution in [2.75, 3.05) is 0 Å². The Kier molecular flexibility index (Phi) is 4.63. The van der Waals surface area contributed by atoms with Gasteiger partial charge in [-0.05, 0) is 28.1 Å². The van der Waals surface area contributed by atoms with Crippen molar-refractivity contribution in [3.05, 3.63) is 113 Å². The highest BCUT2D eigenvalue weighted by Gasteiger charge is 2.32. The average Bonchev–Trinajstić information content (AvgIpc) is 2.69. The molecule has 0 saturated carbocycles. The van der Waals surface area contributed by atoms with Gasteiger partial charge in [-0.1, -0.05) is 72.8 Å². The Labute approximate surface area is 160 Å². The molecule has 0 aliphatic heterocycles. The summed E-state index contributed by atoms with van der Waals surface area (Å²) in [6.45, 7) is 0. The van der Waals surface area contributed by atoms with Crippen LogP contribution in [0, 0.1) is 0 Å². The summed E-state index contributed by atoms with van der Waals surface area (Å²) in [5.41, 5.74) is 2.70. The van der Waals surface area contributed by atoms with E-state index in [0.717, 1.165) is 20.9 Å². The number of hydrogen-bond donors (Lipinski definition) is 0. The van der Waals surface area contributed by atoms with Crippen molar-refractivity contribution in [2.24, 2.45) is 0 Å². The Morgan fingerprint density at radius 2 is 1.42 bits per heavy atom. The topological polar surface area (TPSA) is 20.9 Å². The molecule has 0 N–H and O–H groups in total. The standard InChI is InChI=1S/C23H17BrNO/c24-20-15-19-13-7-8-14-21(19)25(16-20)22(17-9-3-1-4-10-17)23(26)18-11-5-2-6-12-18/h1-16,22H/q+1. The van der Waals surface area contributed by atoms with Crippen molar-refractivity contribution in [1.29, 1.82) is 0 Å². The molecular formula is C23H17BrNO+. The molecule has 0 saturated heterocycles. The number of para-hydroxylation sites is 1. The number of pyridine rings is 1. The predicted octanol–water partition coefficient (Wildman–Crippen LogP) is 5.36. The Balaban J connectivity index is 1.97. The zero-order valence-electron chi connectivity index (χ0n) is 14.0. The van der Waals surface area contributed by atoms with Crippen molar-refractivity contribution in [2.45, 2.75) is 6.04 Å². The number of hydrogen-bond acceptors (Lipinski definition) is 1. The highest BCUT2D eigenvalue weighted by atomic mass is 79.9. The number of carbonyl (C=O) groups is 1. The lowest BCUT2D eigenvalue weighted by Gasteiger charge is -2.14. The quantitative estimate of drug-likeness (QED) is 0.332. The van der Waals surface area contributed by atoms with E-state index in [9.17, 15) is 4.79 Å². The third-order valence-corrected chi connectivity index (χ3v) is 4.90. The number of fused-ring (bicyclic) bond motifs is 1. The first-order valence-electron chi connectivity index (χ1n) is 8.48. The maximum Gasteiger partial charge on any atom is 0.246 e. The number of aromatic nitrogens is 1. The maximum atomic E-state index is 13.5. The second kappa shape index (κ2) is 7.22. The van der Waals surface area contributed by atoms with Crippen molar-refractivity contribution < 1.29 is 9.36 Å². The molecule has 3 heteroatoms. The number of halogens is 1. The summed E-state index contributed by atoms with van der Waals surface area (Å²) in [7, 11) is 0. The Morgan fingerprint density at radius 3 is 2.15 bits per heavy atom. The fourth-order valence-corrected chi connectivity index (χ4v) is 3.75. The van der Waals surface area contributed by atoms with Gasteiger partial charge in [0.25, 0.3) is 0 Å². The van der Waals surface area contributed by atoms with Crippen LogP contribution in [0.1, 0.15) is 22.0 Å². The summed E-state index contributed by atoms with van der Waals surface area (Å²) in [4.78, 5) is 13.5. The van der Waals surface area contributed by atoms with Gasteiger partial charge in [0.1, 0.15) is 0 Å². The third kappa shape index (κ3) is 3.18. The highest BCUT2D eigenvalue weighted by Crippen LogP contribution is 2.23. The lowest BCUT2D eigenvalue weighted by molar-refractivity contribution is -0.674.